The van der Waals surface area contributed by atoms with Crippen molar-refractivity contribution >= 4 is 27.9 Å². The number of hydrogen-bond acceptors (Lipinski definition) is 5. The summed E-state index contributed by atoms with van der Waals surface area (Å²) in [5, 5.41) is 11.8. The molecule has 1 N–H and O–H groups in total. The number of benzene rings is 2. The zero-order valence-electron chi connectivity index (χ0n) is 15.5. The maximum atomic E-state index is 11.9. The van der Waals surface area contributed by atoms with Crippen LogP contribution in [-0.2, 0) is 6.42 Å². The SMILES string of the molecule is CCc1ccc(C2=CCN(c3cc4nc[nH]c(=O)c4cc3[N+](=O)[O-])CC2)cc1. The second-order valence-electron chi connectivity index (χ2n) is 6.82. The lowest BCUT2D eigenvalue weighted by Crippen LogP contribution is -2.29. The molecule has 2 heterocycles. The first-order valence-electron chi connectivity index (χ1n) is 9.26. The van der Waals surface area contributed by atoms with E-state index in [9.17, 15) is 14.9 Å². The smallest absolute Gasteiger partial charge is 0.293 e. The fraction of sp³-hybridized carbons (Fsp3) is 0.238. The van der Waals surface area contributed by atoms with Crippen LogP contribution in [-0.4, -0.2) is 28.0 Å². The van der Waals surface area contributed by atoms with E-state index in [0.717, 1.165) is 12.8 Å². The number of nitrogens with one attached hydrogen (secondary N) is 1. The van der Waals surface area contributed by atoms with Crippen LogP contribution in [0.5, 0.6) is 0 Å². The lowest BCUT2D eigenvalue weighted by atomic mass is 9.97. The van der Waals surface area contributed by atoms with Gasteiger partial charge >= 0.3 is 0 Å². The van der Waals surface area contributed by atoms with E-state index in [0.29, 0.717) is 24.3 Å². The number of aromatic amines is 1. The van der Waals surface area contributed by atoms with E-state index in [-0.39, 0.29) is 16.6 Å². The van der Waals surface area contributed by atoms with E-state index in [2.05, 4.69) is 47.2 Å². The van der Waals surface area contributed by atoms with E-state index >= 15 is 0 Å². The molecule has 7 heteroatoms. The molecule has 7 nitrogen and oxygen atoms in total. The zero-order valence-corrected chi connectivity index (χ0v) is 15.5. The van der Waals surface area contributed by atoms with Gasteiger partial charge in [0.1, 0.15) is 5.69 Å². The van der Waals surface area contributed by atoms with Crippen molar-refractivity contribution in [2.75, 3.05) is 18.0 Å². The van der Waals surface area contributed by atoms with Gasteiger partial charge in [-0.1, -0.05) is 37.3 Å². The van der Waals surface area contributed by atoms with E-state index in [1.165, 1.54) is 29.1 Å². The van der Waals surface area contributed by atoms with E-state index < -0.39 is 4.92 Å². The molecule has 1 aliphatic heterocycles. The Morgan fingerprint density at radius 3 is 2.68 bits per heavy atom. The van der Waals surface area contributed by atoms with Crippen molar-refractivity contribution in [3.8, 4) is 0 Å². The summed E-state index contributed by atoms with van der Waals surface area (Å²) in [5.74, 6) is 0. The summed E-state index contributed by atoms with van der Waals surface area (Å²) >= 11 is 0. The third kappa shape index (κ3) is 3.26. The number of fused-ring (bicyclic) bond motifs is 1. The van der Waals surface area contributed by atoms with Gasteiger partial charge in [0, 0.05) is 19.2 Å². The summed E-state index contributed by atoms with van der Waals surface area (Å²) in [6.45, 7) is 3.36. The zero-order chi connectivity index (χ0) is 19.7. The maximum absolute atomic E-state index is 11.9. The molecule has 1 aromatic heterocycles. The van der Waals surface area contributed by atoms with Gasteiger partial charge in [0.2, 0.25) is 0 Å². The summed E-state index contributed by atoms with van der Waals surface area (Å²) in [7, 11) is 0. The number of nitro benzene ring substituents is 1. The van der Waals surface area contributed by atoms with Gasteiger partial charge in [0.15, 0.2) is 0 Å². The molecule has 0 unspecified atom stereocenters. The van der Waals surface area contributed by atoms with Crippen LogP contribution in [0.15, 0.2) is 53.6 Å². The normalized spacial score (nSPS) is 14.2. The Bertz CT molecular complexity index is 1130. The van der Waals surface area contributed by atoms with Gasteiger partial charge in [-0.25, -0.2) is 4.98 Å². The Labute approximate surface area is 161 Å². The minimum absolute atomic E-state index is 0.0739. The summed E-state index contributed by atoms with van der Waals surface area (Å²) < 4.78 is 0. The van der Waals surface area contributed by atoms with Crippen molar-refractivity contribution < 1.29 is 4.92 Å². The van der Waals surface area contributed by atoms with Crippen molar-refractivity contribution in [1.29, 1.82) is 0 Å². The number of H-pyrrole nitrogens is 1. The molecule has 0 saturated heterocycles. The second kappa shape index (κ2) is 7.26. The van der Waals surface area contributed by atoms with Gasteiger partial charge in [-0.2, -0.15) is 0 Å². The lowest BCUT2D eigenvalue weighted by Gasteiger charge is -2.28. The van der Waals surface area contributed by atoms with Crippen LogP contribution >= 0.6 is 0 Å². The summed E-state index contributed by atoms with van der Waals surface area (Å²) in [4.78, 5) is 31.7. The van der Waals surface area contributed by atoms with Crippen molar-refractivity contribution in [3.63, 3.8) is 0 Å². The first-order chi connectivity index (χ1) is 13.6. The number of nitro groups is 1. The quantitative estimate of drug-likeness (QED) is 0.554. The molecule has 0 spiro atoms. The van der Waals surface area contributed by atoms with Gasteiger partial charge in [0.05, 0.1) is 22.2 Å². The largest absolute Gasteiger partial charge is 0.362 e. The van der Waals surface area contributed by atoms with Crippen molar-refractivity contribution in [1.82, 2.24) is 9.97 Å². The predicted octanol–water partition coefficient (Wildman–Crippen LogP) is 3.69. The molecule has 0 aliphatic carbocycles. The van der Waals surface area contributed by atoms with E-state index in [1.807, 2.05) is 4.90 Å². The molecule has 1 aliphatic rings. The van der Waals surface area contributed by atoms with Gasteiger partial charge < -0.3 is 9.88 Å². The Balaban J connectivity index is 1.67. The highest BCUT2D eigenvalue weighted by atomic mass is 16.6. The monoisotopic (exact) mass is 376 g/mol. The highest BCUT2D eigenvalue weighted by Crippen LogP contribution is 2.34. The summed E-state index contributed by atoms with van der Waals surface area (Å²) in [6.07, 6.45) is 5.23. The summed E-state index contributed by atoms with van der Waals surface area (Å²) in [6, 6.07) is 11.5. The van der Waals surface area contributed by atoms with E-state index in [4.69, 9.17) is 0 Å². The highest BCUT2D eigenvalue weighted by Gasteiger charge is 2.23. The Kier molecular flexibility index (Phi) is 4.65. The minimum Gasteiger partial charge on any atom is -0.362 e. The average Bonchev–Trinajstić information content (AvgIpc) is 2.73. The van der Waals surface area contributed by atoms with Crippen LogP contribution in [0.25, 0.3) is 16.5 Å². The van der Waals surface area contributed by atoms with Gasteiger partial charge in [0.25, 0.3) is 11.2 Å². The average molecular weight is 376 g/mol. The molecule has 3 aromatic rings. The molecular formula is C21H20N4O3. The van der Waals surface area contributed by atoms with Crippen LogP contribution in [0.4, 0.5) is 11.4 Å². The van der Waals surface area contributed by atoms with Crippen molar-refractivity contribution in [2.45, 2.75) is 19.8 Å². The van der Waals surface area contributed by atoms with Crippen molar-refractivity contribution in [3.05, 3.63) is 80.4 Å². The molecule has 0 amide bonds. The molecule has 0 saturated carbocycles. The number of aryl methyl sites for hydroxylation is 1. The van der Waals surface area contributed by atoms with Crippen LogP contribution in [0.2, 0.25) is 0 Å². The maximum Gasteiger partial charge on any atom is 0.293 e. The predicted molar refractivity (Wildman–Crippen MR) is 110 cm³/mol. The second-order valence-corrected chi connectivity index (χ2v) is 6.82. The fourth-order valence-corrected chi connectivity index (χ4v) is 3.60. The number of anilines is 1. The van der Waals surface area contributed by atoms with Gasteiger partial charge in [-0.05, 0) is 35.6 Å². The lowest BCUT2D eigenvalue weighted by molar-refractivity contribution is -0.384. The molecule has 142 valence electrons. The third-order valence-electron chi connectivity index (χ3n) is 5.22. The number of rotatable bonds is 4. The molecule has 0 bridgehead atoms. The molecule has 0 fully saturated rings. The van der Waals surface area contributed by atoms with Crippen LogP contribution in [0.3, 0.4) is 0 Å². The molecule has 28 heavy (non-hydrogen) atoms. The van der Waals surface area contributed by atoms with Crippen molar-refractivity contribution in [2.24, 2.45) is 0 Å². The number of aromatic nitrogens is 2. The Morgan fingerprint density at radius 2 is 2.04 bits per heavy atom. The minimum atomic E-state index is -0.441. The van der Waals surface area contributed by atoms with Gasteiger partial charge in [-0.3, -0.25) is 14.9 Å². The standard InChI is InChI=1S/C21H20N4O3/c1-2-14-3-5-15(6-4-14)16-7-9-24(10-8-16)19-12-18-17(11-20(19)25(27)28)21(26)23-13-22-18/h3-7,11-13H,2,8-10H2,1H3,(H,22,23,26). The van der Waals surface area contributed by atoms with Crippen LogP contribution in [0.1, 0.15) is 24.5 Å². The third-order valence-corrected chi connectivity index (χ3v) is 5.22. The Hall–Kier alpha value is -3.48. The topological polar surface area (TPSA) is 92.1 Å². The summed E-state index contributed by atoms with van der Waals surface area (Å²) in [5.41, 5.74) is 4.23. The molecule has 0 atom stereocenters. The molecular weight excluding hydrogens is 356 g/mol. The Morgan fingerprint density at radius 1 is 1.25 bits per heavy atom. The number of nitrogens with zero attached hydrogens (tertiary/aromatic N) is 3. The van der Waals surface area contributed by atoms with Crippen LogP contribution in [0, 0.1) is 10.1 Å². The highest BCUT2D eigenvalue weighted by molar-refractivity contribution is 5.87. The molecule has 2 aromatic carbocycles. The number of hydrogen-bond donors (Lipinski definition) is 1. The van der Waals surface area contributed by atoms with E-state index in [1.54, 1.807) is 6.07 Å². The first kappa shape index (κ1) is 17.9. The van der Waals surface area contributed by atoms with Crippen LogP contribution < -0.4 is 10.5 Å². The molecule has 4 rings (SSSR count). The fourth-order valence-electron chi connectivity index (χ4n) is 3.60. The molecule has 0 radical (unpaired) electrons. The first-order valence-corrected chi connectivity index (χ1v) is 9.26. The van der Waals surface area contributed by atoms with Gasteiger partial charge in [-0.15, -0.1) is 0 Å².